The van der Waals surface area contributed by atoms with Crippen LogP contribution in [0.15, 0.2) is 73.1 Å². The molecule has 1 aliphatic heterocycles. The van der Waals surface area contributed by atoms with E-state index in [2.05, 4.69) is 75.3 Å². The molecule has 4 aromatic rings. The molecule has 0 atom stereocenters. The molecule has 1 aliphatic rings. The zero-order valence-corrected chi connectivity index (χ0v) is 20.7. The van der Waals surface area contributed by atoms with Gasteiger partial charge in [0.1, 0.15) is 0 Å². The Bertz CT molecular complexity index is 1250. The Labute approximate surface area is 207 Å². The topological polar surface area (TPSA) is 39.1 Å². The fourth-order valence-corrected chi connectivity index (χ4v) is 5.00. The molecule has 6 heteroatoms. The van der Waals surface area contributed by atoms with Crippen LogP contribution >= 0.6 is 0 Å². The van der Waals surface area contributed by atoms with E-state index in [0.29, 0.717) is 17.2 Å². The Balaban J connectivity index is 1.33. The predicted molar refractivity (Wildman–Crippen MR) is 141 cm³/mol. The SMILES string of the molecule is COc1cc(Cn2cc3cccc(N4CCN(Cc5ccccc5)CC4)c3c2)cc(OC)c1OC. The molecule has 0 aliphatic carbocycles. The molecule has 0 saturated carbocycles. The minimum Gasteiger partial charge on any atom is -0.493 e. The van der Waals surface area contributed by atoms with E-state index in [0.717, 1.165) is 44.8 Å². The molecule has 1 aromatic heterocycles. The van der Waals surface area contributed by atoms with Crippen molar-refractivity contribution >= 4 is 16.5 Å². The number of aromatic nitrogens is 1. The van der Waals surface area contributed by atoms with Gasteiger partial charge in [-0.1, -0.05) is 42.5 Å². The number of methoxy groups -OCH3 is 3. The van der Waals surface area contributed by atoms with Gasteiger partial charge < -0.3 is 23.7 Å². The number of anilines is 1. The average Bonchev–Trinajstić information content (AvgIpc) is 3.31. The molecule has 0 unspecified atom stereocenters. The van der Waals surface area contributed by atoms with Crippen LogP contribution in [-0.2, 0) is 13.1 Å². The van der Waals surface area contributed by atoms with Gasteiger partial charge in [0.25, 0.3) is 0 Å². The van der Waals surface area contributed by atoms with Crippen molar-refractivity contribution in [1.82, 2.24) is 9.47 Å². The first-order valence-corrected chi connectivity index (χ1v) is 12.1. The number of hydrogen-bond acceptors (Lipinski definition) is 5. The highest BCUT2D eigenvalue weighted by Gasteiger charge is 2.20. The van der Waals surface area contributed by atoms with Crippen LogP contribution in [0, 0.1) is 0 Å². The van der Waals surface area contributed by atoms with Crippen LogP contribution < -0.4 is 19.1 Å². The number of fused-ring (bicyclic) bond motifs is 1. The van der Waals surface area contributed by atoms with E-state index < -0.39 is 0 Å². The van der Waals surface area contributed by atoms with Crippen molar-refractivity contribution in [2.24, 2.45) is 0 Å². The van der Waals surface area contributed by atoms with Gasteiger partial charge in [-0.15, -0.1) is 0 Å². The molecular weight excluding hydrogens is 438 g/mol. The van der Waals surface area contributed by atoms with Crippen LogP contribution in [0.5, 0.6) is 17.2 Å². The van der Waals surface area contributed by atoms with Crippen molar-refractivity contribution in [2.45, 2.75) is 13.1 Å². The Morgan fingerprint density at radius 3 is 2.06 bits per heavy atom. The molecule has 5 rings (SSSR count). The van der Waals surface area contributed by atoms with Crippen molar-refractivity contribution in [3.8, 4) is 17.2 Å². The normalized spacial score (nSPS) is 14.3. The lowest BCUT2D eigenvalue weighted by Gasteiger charge is -2.36. The van der Waals surface area contributed by atoms with E-state index in [-0.39, 0.29) is 0 Å². The Morgan fingerprint density at radius 2 is 1.40 bits per heavy atom. The van der Waals surface area contributed by atoms with E-state index in [4.69, 9.17) is 14.2 Å². The van der Waals surface area contributed by atoms with Crippen LogP contribution in [0.2, 0.25) is 0 Å². The maximum atomic E-state index is 5.54. The van der Waals surface area contributed by atoms with Gasteiger partial charge in [-0.3, -0.25) is 4.90 Å². The van der Waals surface area contributed by atoms with Gasteiger partial charge in [-0.2, -0.15) is 0 Å². The Hall–Kier alpha value is -3.64. The molecular formula is C29H33N3O3. The molecule has 6 nitrogen and oxygen atoms in total. The van der Waals surface area contributed by atoms with Crippen LogP contribution in [0.4, 0.5) is 5.69 Å². The van der Waals surface area contributed by atoms with E-state index in [9.17, 15) is 0 Å². The van der Waals surface area contributed by atoms with Crippen LogP contribution in [0.1, 0.15) is 11.1 Å². The fraction of sp³-hybridized carbons (Fsp3) is 0.310. The summed E-state index contributed by atoms with van der Waals surface area (Å²) in [5.74, 6) is 1.96. The van der Waals surface area contributed by atoms with E-state index in [1.54, 1.807) is 21.3 Å². The lowest BCUT2D eigenvalue weighted by molar-refractivity contribution is 0.250. The summed E-state index contributed by atoms with van der Waals surface area (Å²) in [6, 6.07) is 21.4. The summed E-state index contributed by atoms with van der Waals surface area (Å²) < 4.78 is 18.8. The van der Waals surface area contributed by atoms with Crippen molar-refractivity contribution in [1.29, 1.82) is 0 Å². The third kappa shape index (κ3) is 4.93. The summed E-state index contributed by atoms with van der Waals surface area (Å²) in [4.78, 5) is 5.06. The monoisotopic (exact) mass is 471 g/mol. The van der Waals surface area contributed by atoms with Gasteiger partial charge in [-0.25, -0.2) is 0 Å². The second kappa shape index (κ2) is 10.3. The summed E-state index contributed by atoms with van der Waals surface area (Å²) in [5, 5.41) is 2.54. The van der Waals surface area contributed by atoms with E-state index in [1.165, 1.54) is 22.0 Å². The molecule has 0 radical (unpaired) electrons. The van der Waals surface area contributed by atoms with Gasteiger partial charge in [0.2, 0.25) is 5.75 Å². The lowest BCUT2D eigenvalue weighted by atomic mass is 10.1. The number of ether oxygens (including phenoxy) is 3. The summed E-state index contributed by atoms with van der Waals surface area (Å²) in [6.07, 6.45) is 4.47. The fourth-order valence-electron chi connectivity index (χ4n) is 5.00. The van der Waals surface area contributed by atoms with Crippen LogP contribution in [0.25, 0.3) is 10.8 Å². The standard InChI is InChI=1S/C29H33N3O3/c1-33-27-16-23(17-28(34-2)29(27)35-3)19-31-20-24-10-7-11-26(25(24)21-31)32-14-12-30(13-15-32)18-22-8-5-4-6-9-22/h4-11,16-17,20-21H,12-15,18-19H2,1-3H3. The maximum Gasteiger partial charge on any atom is 0.203 e. The molecule has 2 heterocycles. The zero-order chi connectivity index (χ0) is 24.2. The number of benzene rings is 3. The summed E-state index contributed by atoms with van der Waals surface area (Å²) in [7, 11) is 4.93. The number of hydrogen-bond donors (Lipinski definition) is 0. The van der Waals surface area contributed by atoms with Crippen LogP contribution in [0.3, 0.4) is 0 Å². The number of rotatable bonds is 8. The van der Waals surface area contributed by atoms with Crippen molar-refractivity contribution < 1.29 is 14.2 Å². The summed E-state index contributed by atoms with van der Waals surface area (Å²) >= 11 is 0. The zero-order valence-electron chi connectivity index (χ0n) is 20.7. The lowest BCUT2D eigenvalue weighted by Crippen LogP contribution is -2.46. The molecule has 0 bridgehead atoms. The van der Waals surface area contributed by atoms with Gasteiger partial charge in [0.05, 0.1) is 21.3 Å². The molecule has 3 aromatic carbocycles. The first-order valence-electron chi connectivity index (χ1n) is 12.1. The van der Waals surface area contributed by atoms with Crippen molar-refractivity contribution in [3.63, 3.8) is 0 Å². The average molecular weight is 472 g/mol. The Morgan fingerprint density at radius 1 is 0.686 bits per heavy atom. The molecule has 35 heavy (non-hydrogen) atoms. The highest BCUT2D eigenvalue weighted by atomic mass is 16.5. The van der Waals surface area contributed by atoms with E-state index >= 15 is 0 Å². The van der Waals surface area contributed by atoms with Gasteiger partial charge in [-0.05, 0) is 29.3 Å². The number of piperazine rings is 1. The smallest absolute Gasteiger partial charge is 0.203 e. The predicted octanol–water partition coefficient (Wildman–Crippen LogP) is 5.04. The third-order valence-corrected chi connectivity index (χ3v) is 6.77. The molecule has 182 valence electrons. The van der Waals surface area contributed by atoms with Gasteiger partial charge in [0, 0.05) is 68.1 Å². The minimum atomic E-state index is 0.616. The van der Waals surface area contributed by atoms with E-state index in [1.807, 2.05) is 12.1 Å². The molecule has 1 fully saturated rings. The highest BCUT2D eigenvalue weighted by molar-refractivity contribution is 5.94. The summed E-state index contributed by atoms with van der Waals surface area (Å²) in [6.45, 7) is 5.93. The highest BCUT2D eigenvalue weighted by Crippen LogP contribution is 2.38. The molecule has 0 spiro atoms. The first-order chi connectivity index (χ1) is 17.2. The number of nitrogens with zero attached hydrogens (tertiary/aromatic N) is 3. The quantitative estimate of drug-likeness (QED) is 0.360. The third-order valence-electron chi connectivity index (χ3n) is 6.77. The van der Waals surface area contributed by atoms with Crippen molar-refractivity contribution in [2.75, 3.05) is 52.4 Å². The first kappa shape index (κ1) is 23.1. The largest absolute Gasteiger partial charge is 0.493 e. The van der Waals surface area contributed by atoms with Gasteiger partial charge >= 0.3 is 0 Å². The second-order valence-corrected chi connectivity index (χ2v) is 8.99. The second-order valence-electron chi connectivity index (χ2n) is 8.99. The molecule has 0 amide bonds. The van der Waals surface area contributed by atoms with Gasteiger partial charge in [0.15, 0.2) is 11.5 Å². The maximum absolute atomic E-state index is 5.54. The molecule has 0 N–H and O–H groups in total. The molecule has 1 saturated heterocycles. The summed E-state index contributed by atoms with van der Waals surface area (Å²) in [5.41, 5.74) is 3.79. The minimum absolute atomic E-state index is 0.616. The Kier molecular flexibility index (Phi) is 6.82. The van der Waals surface area contributed by atoms with Crippen LogP contribution in [-0.4, -0.2) is 57.0 Å². The van der Waals surface area contributed by atoms with Crippen molar-refractivity contribution in [3.05, 3.63) is 84.2 Å².